The number of aliphatic carboxylic acids is 1. The molecule has 35 heavy (non-hydrogen) atoms. The smallest absolute Gasteiger partial charge is 0.328 e. The predicted octanol–water partition coefficient (Wildman–Crippen LogP) is 4.06. The molecule has 2 heterocycles. The van der Waals surface area contributed by atoms with E-state index in [1.807, 2.05) is 53.1 Å². The fourth-order valence-electron chi connectivity index (χ4n) is 4.05. The van der Waals surface area contributed by atoms with Gasteiger partial charge in [0.05, 0.1) is 11.4 Å². The molecule has 9 heteroatoms. The maximum atomic E-state index is 11.2. The number of nitrogens with one attached hydrogen (secondary N) is 1. The molecule has 0 atom stereocenters. The second-order valence-corrected chi connectivity index (χ2v) is 8.81. The molecule has 4 aromatic rings. The van der Waals surface area contributed by atoms with E-state index in [-0.39, 0.29) is 0 Å². The Morgan fingerprint density at radius 2 is 1.83 bits per heavy atom. The van der Waals surface area contributed by atoms with E-state index in [1.54, 1.807) is 13.8 Å². The highest BCUT2D eigenvalue weighted by Crippen LogP contribution is 2.31. The molecule has 0 radical (unpaired) electrons. The Balaban J connectivity index is 1.71. The van der Waals surface area contributed by atoms with Gasteiger partial charge < -0.3 is 14.8 Å². The van der Waals surface area contributed by atoms with Crippen molar-refractivity contribution in [3.05, 3.63) is 77.4 Å². The monoisotopic (exact) mass is 472 g/mol. The zero-order chi connectivity index (χ0) is 25.0. The maximum Gasteiger partial charge on any atom is 0.328 e. The molecular formula is C26H28N6O3. The Hall–Kier alpha value is -4.11. The highest BCUT2D eigenvalue weighted by Gasteiger charge is 2.27. The fourth-order valence-corrected chi connectivity index (χ4v) is 4.05. The van der Waals surface area contributed by atoms with Crippen molar-refractivity contribution in [1.29, 1.82) is 0 Å². The van der Waals surface area contributed by atoms with Crippen LogP contribution < -0.4 is 0 Å². The number of benzene rings is 2. The average molecular weight is 473 g/mol. The summed E-state index contributed by atoms with van der Waals surface area (Å²) in [5, 5.41) is 34.3. The van der Waals surface area contributed by atoms with E-state index in [4.69, 9.17) is 4.98 Å². The van der Waals surface area contributed by atoms with Gasteiger partial charge in [-0.1, -0.05) is 55.5 Å². The summed E-state index contributed by atoms with van der Waals surface area (Å²) < 4.78 is 1.98. The van der Waals surface area contributed by atoms with Crippen molar-refractivity contribution in [2.45, 2.75) is 45.8 Å². The van der Waals surface area contributed by atoms with E-state index in [0.29, 0.717) is 30.2 Å². The van der Waals surface area contributed by atoms with E-state index in [1.165, 1.54) is 6.08 Å². The van der Waals surface area contributed by atoms with E-state index < -0.39 is 11.6 Å². The number of nitrogens with zero attached hydrogens (tertiary/aromatic N) is 5. The van der Waals surface area contributed by atoms with E-state index in [2.05, 4.69) is 27.5 Å². The molecule has 0 amide bonds. The zero-order valence-corrected chi connectivity index (χ0v) is 19.9. The fraction of sp³-hybridized carbons (Fsp3) is 0.269. The number of carboxylic acid groups (broad SMARTS) is 1. The van der Waals surface area contributed by atoms with Crippen LogP contribution in [0.3, 0.4) is 0 Å². The number of aromatic nitrogens is 6. The molecule has 0 saturated carbocycles. The number of tetrazole rings is 1. The zero-order valence-electron chi connectivity index (χ0n) is 19.9. The normalized spacial score (nSPS) is 11.9. The number of hydrogen-bond donors (Lipinski definition) is 3. The number of aliphatic hydroxyl groups is 1. The van der Waals surface area contributed by atoms with Gasteiger partial charge >= 0.3 is 5.97 Å². The van der Waals surface area contributed by atoms with Gasteiger partial charge in [-0.05, 0) is 48.2 Å². The van der Waals surface area contributed by atoms with Crippen LogP contribution in [0.5, 0.6) is 0 Å². The van der Waals surface area contributed by atoms with Crippen LogP contribution in [0.25, 0.3) is 28.6 Å². The first-order valence-electron chi connectivity index (χ1n) is 11.4. The third-order valence-corrected chi connectivity index (χ3v) is 5.64. The minimum Gasteiger partial charge on any atom is -0.478 e. The third-order valence-electron chi connectivity index (χ3n) is 5.64. The highest BCUT2D eigenvalue weighted by atomic mass is 16.4. The number of aromatic amines is 1. The average Bonchev–Trinajstić information content (AvgIpc) is 3.47. The molecule has 0 aliphatic rings. The number of carboxylic acids is 1. The second-order valence-electron chi connectivity index (χ2n) is 8.81. The molecule has 0 bridgehead atoms. The van der Waals surface area contributed by atoms with Gasteiger partial charge in [-0.25, -0.2) is 9.78 Å². The van der Waals surface area contributed by atoms with E-state index in [9.17, 15) is 15.0 Å². The number of H-pyrrole nitrogens is 1. The van der Waals surface area contributed by atoms with Crippen LogP contribution >= 0.6 is 0 Å². The van der Waals surface area contributed by atoms with Gasteiger partial charge in [0.25, 0.3) is 0 Å². The lowest BCUT2D eigenvalue weighted by Crippen LogP contribution is -2.18. The molecule has 3 N–H and O–H groups in total. The summed E-state index contributed by atoms with van der Waals surface area (Å²) in [5.41, 5.74) is 3.74. The van der Waals surface area contributed by atoms with Crippen molar-refractivity contribution < 1.29 is 15.0 Å². The van der Waals surface area contributed by atoms with Gasteiger partial charge in [0.2, 0.25) is 5.82 Å². The summed E-state index contributed by atoms with van der Waals surface area (Å²) in [7, 11) is 0. The second kappa shape index (κ2) is 10.0. The van der Waals surface area contributed by atoms with Crippen molar-refractivity contribution in [3.63, 3.8) is 0 Å². The maximum absolute atomic E-state index is 11.2. The molecule has 0 aliphatic heterocycles. The van der Waals surface area contributed by atoms with Crippen molar-refractivity contribution in [2.24, 2.45) is 0 Å². The van der Waals surface area contributed by atoms with Crippen molar-refractivity contribution >= 4 is 12.0 Å². The summed E-state index contributed by atoms with van der Waals surface area (Å²) in [5.74, 6) is 0.281. The van der Waals surface area contributed by atoms with Crippen LogP contribution in [0, 0.1) is 0 Å². The van der Waals surface area contributed by atoms with Gasteiger partial charge in [0.15, 0.2) is 0 Å². The topological polar surface area (TPSA) is 130 Å². The molecule has 2 aromatic heterocycles. The van der Waals surface area contributed by atoms with E-state index >= 15 is 0 Å². The lowest BCUT2D eigenvalue weighted by atomic mass is 9.98. The van der Waals surface area contributed by atoms with Crippen LogP contribution in [-0.4, -0.2) is 46.4 Å². The highest BCUT2D eigenvalue weighted by molar-refractivity contribution is 5.85. The molecule has 2 aromatic carbocycles. The number of hydrogen-bond acceptors (Lipinski definition) is 6. The first kappa shape index (κ1) is 24.0. The SMILES string of the molecule is CCCc1nc(C(C)(C)O)c(/C=C/C(=O)O)n1Cc1ccc(-c2ccccc2-c2nn[nH]n2)cc1. The summed E-state index contributed by atoms with van der Waals surface area (Å²) in [6.07, 6.45) is 4.17. The van der Waals surface area contributed by atoms with Crippen LogP contribution in [-0.2, 0) is 23.4 Å². The van der Waals surface area contributed by atoms with Crippen LogP contribution in [0.15, 0.2) is 54.6 Å². The predicted molar refractivity (Wildman–Crippen MR) is 132 cm³/mol. The molecular weight excluding hydrogens is 444 g/mol. The number of carbonyl (C=O) groups is 1. The van der Waals surface area contributed by atoms with Crippen molar-refractivity contribution in [2.75, 3.05) is 0 Å². The number of imidazole rings is 1. The van der Waals surface area contributed by atoms with Crippen LogP contribution in [0.2, 0.25) is 0 Å². The van der Waals surface area contributed by atoms with Gasteiger partial charge in [-0.2, -0.15) is 5.21 Å². The quantitative estimate of drug-likeness (QED) is 0.313. The Bertz CT molecular complexity index is 1330. The van der Waals surface area contributed by atoms with E-state index in [0.717, 1.165) is 40.6 Å². The molecule has 0 saturated heterocycles. The van der Waals surface area contributed by atoms with Gasteiger partial charge in [0.1, 0.15) is 11.4 Å². The molecule has 4 rings (SSSR count). The standard InChI is InChI=1S/C26H28N6O3/c1-4-7-22-27-24(26(2,3)35)21(14-15-23(33)34)32(22)16-17-10-12-18(13-11-17)19-8-5-6-9-20(19)25-28-30-31-29-25/h5-6,8-15,35H,4,7,16H2,1-3H3,(H,33,34)(H,28,29,30,31)/b15-14+. The van der Waals surface area contributed by atoms with Gasteiger partial charge in [0, 0.05) is 24.6 Å². The molecule has 0 unspecified atom stereocenters. The van der Waals surface area contributed by atoms with Crippen LogP contribution in [0.4, 0.5) is 0 Å². The largest absolute Gasteiger partial charge is 0.478 e. The van der Waals surface area contributed by atoms with Gasteiger partial charge in [-0.15, -0.1) is 10.2 Å². The minimum absolute atomic E-state index is 0.462. The molecule has 0 aliphatic carbocycles. The molecule has 0 fully saturated rings. The Labute approximate surface area is 203 Å². The first-order chi connectivity index (χ1) is 16.8. The lowest BCUT2D eigenvalue weighted by molar-refractivity contribution is -0.131. The Morgan fingerprint density at radius 3 is 2.43 bits per heavy atom. The minimum atomic E-state index is -1.21. The third kappa shape index (κ3) is 5.36. The Morgan fingerprint density at radius 1 is 1.11 bits per heavy atom. The number of aryl methyl sites for hydroxylation is 1. The lowest BCUT2D eigenvalue weighted by Gasteiger charge is -2.17. The van der Waals surface area contributed by atoms with Crippen molar-refractivity contribution in [1.82, 2.24) is 30.2 Å². The van der Waals surface area contributed by atoms with Crippen molar-refractivity contribution in [3.8, 4) is 22.5 Å². The summed E-state index contributed by atoms with van der Waals surface area (Å²) in [6.45, 7) is 5.86. The summed E-state index contributed by atoms with van der Waals surface area (Å²) in [6, 6.07) is 16.0. The summed E-state index contributed by atoms with van der Waals surface area (Å²) in [4.78, 5) is 15.9. The van der Waals surface area contributed by atoms with Gasteiger partial charge in [-0.3, -0.25) is 0 Å². The Kier molecular flexibility index (Phi) is 6.88. The molecule has 180 valence electrons. The summed E-state index contributed by atoms with van der Waals surface area (Å²) >= 11 is 0. The number of rotatable bonds is 9. The van der Waals surface area contributed by atoms with Crippen LogP contribution in [0.1, 0.15) is 50.0 Å². The first-order valence-corrected chi connectivity index (χ1v) is 11.4. The molecule has 9 nitrogen and oxygen atoms in total. The molecule has 0 spiro atoms.